The molecule has 3 atom stereocenters. The van der Waals surface area contributed by atoms with E-state index >= 15 is 0 Å². The number of esters is 2. The maximum absolute atomic E-state index is 12.9. The molecule has 0 aromatic carbocycles. The number of ether oxygens (including phenoxy) is 2. The van der Waals surface area contributed by atoms with Gasteiger partial charge in [-0.2, -0.15) is 4.98 Å². The second-order valence-corrected chi connectivity index (χ2v) is 14.4. The molecule has 0 radical (unpaired) electrons. The van der Waals surface area contributed by atoms with E-state index in [0.29, 0.717) is 18.6 Å². The molecule has 0 saturated heterocycles. The topological polar surface area (TPSA) is 168 Å². The van der Waals surface area contributed by atoms with Gasteiger partial charge in [-0.25, -0.2) is 4.98 Å². The Bertz CT molecular complexity index is 1260. The average Bonchev–Trinajstić information content (AvgIpc) is 3.49. The molecule has 2 aromatic rings. The molecule has 0 aliphatic carbocycles. The summed E-state index contributed by atoms with van der Waals surface area (Å²) in [6.07, 6.45) is 27.5. The van der Waals surface area contributed by atoms with Crippen molar-refractivity contribution < 1.29 is 19.1 Å². The maximum atomic E-state index is 12.9. The third-order valence-corrected chi connectivity index (χ3v) is 9.77. The number of unbranched alkanes of at least 4 members (excludes halogenated alkanes) is 18. The maximum Gasteiger partial charge on any atom is 0.323 e. The van der Waals surface area contributed by atoms with E-state index in [4.69, 9.17) is 20.9 Å². The van der Waals surface area contributed by atoms with Crippen LogP contribution in [0.25, 0.3) is 11.2 Å². The van der Waals surface area contributed by atoms with Gasteiger partial charge in [0.25, 0.3) is 5.56 Å². The third-order valence-electron chi connectivity index (χ3n) is 9.77. The highest BCUT2D eigenvalue weighted by Gasteiger charge is 2.34. The summed E-state index contributed by atoms with van der Waals surface area (Å²) in [6, 6.07) is -0.793. The number of imidazole rings is 1. The zero-order chi connectivity index (χ0) is 35.9. The molecular weight excluding hydrogens is 620 g/mol. The Kier molecular flexibility index (Phi) is 20.9. The van der Waals surface area contributed by atoms with Crippen LogP contribution in [0.5, 0.6) is 0 Å². The first-order chi connectivity index (χ1) is 23.6. The summed E-state index contributed by atoms with van der Waals surface area (Å²) in [5.41, 5.74) is 10.8. The number of hydrogen-bond acceptors (Lipinski definition) is 9. The molecule has 0 amide bonds. The quantitative estimate of drug-likeness (QED) is 0.0564. The normalized spacial score (nSPS) is 14.1. The smallest absolute Gasteiger partial charge is 0.323 e. The van der Waals surface area contributed by atoms with E-state index in [2.05, 4.69) is 21.9 Å². The van der Waals surface area contributed by atoms with Crippen molar-refractivity contribution in [1.29, 1.82) is 0 Å². The minimum absolute atomic E-state index is 0.0169. The first kappa shape index (κ1) is 42.2. The molecule has 280 valence electrons. The van der Waals surface area contributed by atoms with Crippen molar-refractivity contribution in [3.63, 3.8) is 0 Å². The molecule has 11 nitrogen and oxygen atoms in total. The number of carbonyl (C=O) groups is 2. The summed E-state index contributed by atoms with van der Waals surface area (Å²) < 4.78 is 13.2. The third kappa shape index (κ3) is 17.0. The molecule has 0 bridgehead atoms. The van der Waals surface area contributed by atoms with Gasteiger partial charge in [-0.15, -0.1) is 0 Å². The second-order valence-electron chi connectivity index (χ2n) is 14.4. The molecule has 2 heterocycles. The summed E-state index contributed by atoms with van der Waals surface area (Å²) in [5.74, 6) is -0.933. The number of carbonyl (C=O) groups excluding carboxylic acids is 2. The molecule has 2 unspecified atom stereocenters. The van der Waals surface area contributed by atoms with Crippen LogP contribution in [0.3, 0.4) is 0 Å². The predicted molar refractivity (Wildman–Crippen MR) is 198 cm³/mol. The van der Waals surface area contributed by atoms with Crippen LogP contribution in [0, 0.1) is 5.92 Å². The predicted octanol–water partition coefficient (Wildman–Crippen LogP) is 8.13. The van der Waals surface area contributed by atoms with E-state index in [0.717, 1.165) is 25.7 Å². The van der Waals surface area contributed by atoms with Gasteiger partial charge in [-0.3, -0.25) is 19.4 Å². The molecule has 0 spiro atoms. The highest BCUT2D eigenvalue weighted by atomic mass is 16.6. The van der Waals surface area contributed by atoms with Crippen molar-refractivity contribution in [3.8, 4) is 0 Å². The number of H-pyrrole nitrogens is 1. The number of nitrogens with zero attached hydrogens (tertiary/aromatic N) is 3. The van der Waals surface area contributed by atoms with E-state index in [1.807, 2.05) is 13.8 Å². The zero-order valence-electron chi connectivity index (χ0n) is 31.2. The lowest BCUT2D eigenvalue weighted by molar-refractivity contribution is -0.174. The van der Waals surface area contributed by atoms with Gasteiger partial charge in [0.05, 0.1) is 6.33 Å². The van der Waals surface area contributed by atoms with Gasteiger partial charge >= 0.3 is 11.9 Å². The Hall–Kier alpha value is -2.95. The number of anilines is 1. The van der Waals surface area contributed by atoms with Gasteiger partial charge in [0.15, 0.2) is 11.2 Å². The van der Waals surface area contributed by atoms with Crippen LogP contribution < -0.4 is 17.0 Å². The van der Waals surface area contributed by atoms with Crippen molar-refractivity contribution >= 4 is 29.1 Å². The Morgan fingerprint density at radius 1 is 0.878 bits per heavy atom. The van der Waals surface area contributed by atoms with Gasteiger partial charge in [0, 0.05) is 19.4 Å². The molecule has 0 aliphatic rings. The molecular formula is C38H68N6O5. The van der Waals surface area contributed by atoms with Crippen LogP contribution in [-0.2, 0) is 25.6 Å². The van der Waals surface area contributed by atoms with E-state index in [1.54, 1.807) is 11.5 Å². The van der Waals surface area contributed by atoms with Gasteiger partial charge in [-0.05, 0) is 19.3 Å². The zero-order valence-corrected chi connectivity index (χ0v) is 31.2. The lowest BCUT2D eigenvalue weighted by Gasteiger charge is -2.31. The number of aromatic amines is 1. The number of hydrogen-bond donors (Lipinski definition) is 3. The largest absolute Gasteiger partial charge is 0.461 e. The first-order valence-corrected chi connectivity index (χ1v) is 19.4. The van der Waals surface area contributed by atoms with Crippen LogP contribution in [0.1, 0.15) is 169 Å². The summed E-state index contributed by atoms with van der Waals surface area (Å²) in [7, 11) is 0. The van der Waals surface area contributed by atoms with Crippen LogP contribution >= 0.6 is 0 Å². The SMILES string of the molecule is CCCCCCCCCCCCCCCCCCCCCC(=O)OCC(C)(CCn1cnc2c(=O)[nH]c(N)nc21)OC(=O)[C@@H](N)C(C)CC. The minimum Gasteiger partial charge on any atom is -0.461 e. The first-order valence-electron chi connectivity index (χ1n) is 19.4. The van der Waals surface area contributed by atoms with Gasteiger partial charge < -0.3 is 25.5 Å². The second kappa shape index (κ2) is 24.2. The Labute approximate surface area is 295 Å². The Morgan fingerprint density at radius 2 is 1.39 bits per heavy atom. The highest BCUT2D eigenvalue weighted by Crippen LogP contribution is 2.22. The fourth-order valence-corrected chi connectivity index (χ4v) is 6.09. The van der Waals surface area contributed by atoms with Crippen LogP contribution in [0.2, 0.25) is 0 Å². The van der Waals surface area contributed by atoms with E-state index in [9.17, 15) is 14.4 Å². The lowest BCUT2D eigenvalue weighted by atomic mass is 9.99. The van der Waals surface area contributed by atoms with Crippen molar-refractivity contribution in [2.45, 2.75) is 187 Å². The van der Waals surface area contributed by atoms with Gasteiger partial charge in [-0.1, -0.05) is 143 Å². The van der Waals surface area contributed by atoms with Crippen LogP contribution in [0.15, 0.2) is 11.1 Å². The minimum atomic E-state index is -1.14. The summed E-state index contributed by atoms with van der Waals surface area (Å²) >= 11 is 0. The fourth-order valence-electron chi connectivity index (χ4n) is 6.09. The molecule has 0 saturated carbocycles. The number of nitrogens with one attached hydrogen (secondary N) is 1. The van der Waals surface area contributed by atoms with Gasteiger partial charge in [0.2, 0.25) is 5.95 Å². The number of fused-ring (bicyclic) bond motifs is 1. The number of aryl methyl sites for hydroxylation is 1. The molecule has 11 heteroatoms. The highest BCUT2D eigenvalue weighted by molar-refractivity contribution is 5.76. The number of nitrogens with two attached hydrogens (primary N) is 2. The summed E-state index contributed by atoms with van der Waals surface area (Å²) in [4.78, 5) is 48.6. The van der Waals surface area contributed by atoms with Gasteiger partial charge in [0.1, 0.15) is 18.2 Å². The molecule has 49 heavy (non-hydrogen) atoms. The summed E-state index contributed by atoms with van der Waals surface area (Å²) in [6.45, 7) is 8.06. The monoisotopic (exact) mass is 689 g/mol. The summed E-state index contributed by atoms with van der Waals surface area (Å²) in [5, 5.41) is 0. The van der Waals surface area contributed by atoms with Crippen LogP contribution in [-0.4, -0.2) is 49.7 Å². The van der Waals surface area contributed by atoms with Crippen LogP contribution in [0.4, 0.5) is 5.95 Å². The van der Waals surface area contributed by atoms with E-state index in [1.165, 1.54) is 109 Å². The van der Waals surface area contributed by atoms with E-state index in [-0.39, 0.29) is 36.4 Å². The van der Waals surface area contributed by atoms with Crippen molar-refractivity contribution in [2.24, 2.45) is 11.7 Å². The van der Waals surface area contributed by atoms with Crippen molar-refractivity contribution in [3.05, 3.63) is 16.7 Å². The fraction of sp³-hybridized carbons (Fsp3) is 0.816. The van der Waals surface area contributed by atoms with E-state index < -0.39 is 23.2 Å². The van der Waals surface area contributed by atoms with Crippen molar-refractivity contribution in [2.75, 3.05) is 12.3 Å². The number of aromatic nitrogens is 4. The molecule has 5 N–H and O–H groups in total. The number of rotatable bonds is 29. The standard InChI is InChI=1S/C38H68N6O5/c1-5-7-8-9-10-11-12-13-14-15-16-17-18-19-20-21-22-23-24-25-31(45)48-28-38(4,49-36(47)32(39)30(3)6-2)26-27-44-29-41-33-34(44)42-37(40)43-35(33)46/h29-30,32H,5-28,39H2,1-4H3,(H3,40,42,43,46)/t30?,32-,38?/m0/s1. The molecule has 2 rings (SSSR count). The molecule has 2 aromatic heterocycles. The average molecular weight is 689 g/mol. The Balaban J connectivity index is 1.64. The van der Waals surface area contributed by atoms with Crippen molar-refractivity contribution in [1.82, 2.24) is 19.5 Å². The number of nitrogen functional groups attached to an aromatic ring is 1. The molecule has 0 fully saturated rings. The molecule has 0 aliphatic heterocycles. The Morgan fingerprint density at radius 3 is 1.90 bits per heavy atom. The lowest BCUT2D eigenvalue weighted by Crippen LogP contribution is -2.46.